The van der Waals surface area contributed by atoms with Gasteiger partial charge in [0.25, 0.3) is 0 Å². The third-order valence-corrected chi connectivity index (χ3v) is 4.17. The van der Waals surface area contributed by atoms with Crippen molar-refractivity contribution in [1.29, 1.82) is 0 Å². The van der Waals surface area contributed by atoms with Crippen LogP contribution >= 0.6 is 23.2 Å². The molecule has 0 spiro atoms. The SMILES string of the molecule is COC1CCN(C(CN)c2c(Cl)cccc2Cl)C1. The highest BCUT2D eigenvalue weighted by atomic mass is 35.5. The Balaban J connectivity index is 2.23. The molecule has 1 aromatic rings. The smallest absolute Gasteiger partial charge is 0.0710 e. The number of halogens is 2. The normalized spacial score (nSPS) is 22.3. The van der Waals surface area contributed by atoms with Crippen LogP contribution in [0, 0.1) is 0 Å². The Labute approximate surface area is 118 Å². The minimum atomic E-state index is 0.0614. The highest BCUT2D eigenvalue weighted by Crippen LogP contribution is 2.34. The van der Waals surface area contributed by atoms with Gasteiger partial charge in [-0.15, -0.1) is 0 Å². The third kappa shape index (κ3) is 2.81. The highest BCUT2D eigenvalue weighted by molar-refractivity contribution is 6.36. The predicted octanol–water partition coefficient (Wildman–Crippen LogP) is 2.71. The van der Waals surface area contributed by atoms with E-state index in [9.17, 15) is 0 Å². The first-order chi connectivity index (χ1) is 8.67. The molecular weight excluding hydrogens is 271 g/mol. The molecule has 18 heavy (non-hydrogen) atoms. The van der Waals surface area contributed by atoms with Gasteiger partial charge in [-0.2, -0.15) is 0 Å². The maximum absolute atomic E-state index is 6.25. The van der Waals surface area contributed by atoms with Crippen molar-refractivity contribution >= 4 is 23.2 Å². The molecule has 1 fully saturated rings. The van der Waals surface area contributed by atoms with Gasteiger partial charge in [0.05, 0.1) is 12.1 Å². The van der Waals surface area contributed by atoms with Crippen molar-refractivity contribution in [3.63, 3.8) is 0 Å². The Morgan fingerprint density at radius 3 is 2.61 bits per heavy atom. The van der Waals surface area contributed by atoms with Crippen LogP contribution in [0.2, 0.25) is 10.0 Å². The van der Waals surface area contributed by atoms with Crippen molar-refractivity contribution in [1.82, 2.24) is 4.90 Å². The standard InChI is InChI=1S/C13H18Cl2N2O/c1-18-9-5-6-17(8-9)12(7-16)13-10(14)3-2-4-11(13)15/h2-4,9,12H,5-8,16H2,1H3. The van der Waals surface area contributed by atoms with Crippen molar-refractivity contribution in [3.05, 3.63) is 33.8 Å². The van der Waals surface area contributed by atoms with Crippen LogP contribution in [0.25, 0.3) is 0 Å². The second-order valence-corrected chi connectivity index (χ2v) is 5.34. The number of nitrogens with zero attached hydrogens (tertiary/aromatic N) is 1. The van der Waals surface area contributed by atoms with Crippen LogP contribution in [0.4, 0.5) is 0 Å². The Morgan fingerprint density at radius 1 is 1.44 bits per heavy atom. The summed E-state index contributed by atoms with van der Waals surface area (Å²) >= 11 is 12.5. The van der Waals surface area contributed by atoms with E-state index in [-0.39, 0.29) is 12.1 Å². The average molecular weight is 289 g/mol. The molecule has 1 aliphatic heterocycles. The van der Waals surface area contributed by atoms with Gasteiger partial charge in [-0.3, -0.25) is 4.90 Å². The number of hydrogen-bond acceptors (Lipinski definition) is 3. The number of ether oxygens (including phenoxy) is 1. The van der Waals surface area contributed by atoms with Crippen LogP contribution in [-0.4, -0.2) is 37.7 Å². The number of rotatable bonds is 4. The number of nitrogens with two attached hydrogens (primary N) is 1. The van der Waals surface area contributed by atoms with Crippen LogP contribution < -0.4 is 5.73 Å². The molecule has 1 aromatic carbocycles. The summed E-state index contributed by atoms with van der Waals surface area (Å²) in [6.07, 6.45) is 1.30. The molecule has 3 nitrogen and oxygen atoms in total. The highest BCUT2D eigenvalue weighted by Gasteiger charge is 2.30. The molecule has 0 saturated carbocycles. The van der Waals surface area contributed by atoms with Crippen LogP contribution in [0.5, 0.6) is 0 Å². The van der Waals surface area contributed by atoms with Gasteiger partial charge < -0.3 is 10.5 Å². The fourth-order valence-corrected chi connectivity index (χ4v) is 3.16. The number of hydrogen-bond donors (Lipinski definition) is 1. The van der Waals surface area contributed by atoms with E-state index < -0.39 is 0 Å². The lowest BCUT2D eigenvalue weighted by Gasteiger charge is -2.28. The Hall–Kier alpha value is -0.320. The van der Waals surface area contributed by atoms with E-state index in [2.05, 4.69) is 4.90 Å². The fraction of sp³-hybridized carbons (Fsp3) is 0.538. The van der Waals surface area contributed by atoms with E-state index >= 15 is 0 Å². The predicted molar refractivity (Wildman–Crippen MR) is 75.2 cm³/mol. The van der Waals surface area contributed by atoms with Crippen LogP contribution in [0.15, 0.2) is 18.2 Å². The van der Waals surface area contributed by atoms with Crippen molar-refractivity contribution in [2.45, 2.75) is 18.6 Å². The topological polar surface area (TPSA) is 38.5 Å². The summed E-state index contributed by atoms with van der Waals surface area (Å²) in [6, 6.07) is 5.63. The van der Waals surface area contributed by atoms with Crippen molar-refractivity contribution in [3.8, 4) is 0 Å². The largest absolute Gasteiger partial charge is 0.380 e. The molecule has 1 saturated heterocycles. The molecule has 5 heteroatoms. The number of benzene rings is 1. The zero-order chi connectivity index (χ0) is 13.1. The molecule has 1 heterocycles. The maximum Gasteiger partial charge on any atom is 0.0710 e. The van der Waals surface area contributed by atoms with E-state index in [0.29, 0.717) is 16.6 Å². The average Bonchev–Trinajstić information content (AvgIpc) is 2.82. The summed E-state index contributed by atoms with van der Waals surface area (Å²) in [4.78, 5) is 2.29. The van der Waals surface area contributed by atoms with Crippen molar-refractivity contribution in [2.75, 3.05) is 26.7 Å². The van der Waals surface area contributed by atoms with Gasteiger partial charge >= 0.3 is 0 Å². The molecule has 0 bridgehead atoms. The molecule has 2 rings (SSSR count). The van der Waals surface area contributed by atoms with Gasteiger partial charge in [0.15, 0.2) is 0 Å². The second-order valence-electron chi connectivity index (χ2n) is 4.53. The van der Waals surface area contributed by atoms with Gasteiger partial charge in [-0.25, -0.2) is 0 Å². The van der Waals surface area contributed by atoms with Crippen LogP contribution in [-0.2, 0) is 4.74 Å². The lowest BCUT2D eigenvalue weighted by Crippen LogP contribution is -2.33. The summed E-state index contributed by atoms with van der Waals surface area (Å²) in [6.45, 7) is 2.34. The van der Waals surface area contributed by atoms with Gasteiger partial charge in [0, 0.05) is 42.4 Å². The van der Waals surface area contributed by atoms with Gasteiger partial charge in [0.1, 0.15) is 0 Å². The fourth-order valence-electron chi connectivity index (χ4n) is 2.51. The molecule has 2 N–H and O–H groups in total. The lowest BCUT2D eigenvalue weighted by atomic mass is 10.1. The summed E-state index contributed by atoms with van der Waals surface area (Å²) in [5.74, 6) is 0. The minimum absolute atomic E-state index is 0.0614. The summed E-state index contributed by atoms with van der Waals surface area (Å²) in [5.41, 5.74) is 6.84. The van der Waals surface area contributed by atoms with Crippen molar-refractivity contribution in [2.24, 2.45) is 5.73 Å². The molecule has 0 amide bonds. The first-order valence-corrected chi connectivity index (χ1v) is 6.83. The van der Waals surface area contributed by atoms with E-state index in [0.717, 1.165) is 25.1 Å². The Morgan fingerprint density at radius 2 is 2.11 bits per heavy atom. The molecule has 0 aromatic heterocycles. The van der Waals surface area contributed by atoms with E-state index in [1.54, 1.807) is 7.11 Å². The quantitative estimate of drug-likeness (QED) is 0.926. The first kappa shape index (κ1) is 14.1. The zero-order valence-corrected chi connectivity index (χ0v) is 11.9. The molecule has 2 atom stereocenters. The molecule has 100 valence electrons. The van der Waals surface area contributed by atoms with E-state index in [1.807, 2.05) is 18.2 Å². The summed E-state index contributed by atoms with van der Waals surface area (Å²) in [5, 5.41) is 1.36. The summed E-state index contributed by atoms with van der Waals surface area (Å²) in [7, 11) is 1.74. The van der Waals surface area contributed by atoms with Gasteiger partial charge in [-0.1, -0.05) is 29.3 Å². The van der Waals surface area contributed by atoms with Gasteiger partial charge in [-0.05, 0) is 18.6 Å². The molecule has 0 aliphatic carbocycles. The van der Waals surface area contributed by atoms with E-state index in [4.69, 9.17) is 33.7 Å². The molecule has 1 aliphatic rings. The number of methoxy groups -OCH3 is 1. The third-order valence-electron chi connectivity index (χ3n) is 3.51. The molecular formula is C13H18Cl2N2O. The minimum Gasteiger partial charge on any atom is -0.380 e. The van der Waals surface area contributed by atoms with Crippen molar-refractivity contribution < 1.29 is 4.74 Å². The summed E-state index contributed by atoms with van der Waals surface area (Å²) < 4.78 is 5.38. The lowest BCUT2D eigenvalue weighted by molar-refractivity contribution is 0.101. The second kappa shape index (κ2) is 6.22. The van der Waals surface area contributed by atoms with Crippen LogP contribution in [0.1, 0.15) is 18.0 Å². The maximum atomic E-state index is 6.25. The molecule has 0 radical (unpaired) electrons. The monoisotopic (exact) mass is 288 g/mol. The molecule has 2 unspecified atom stereocenters. The van der Waals surface area contributed by atoms with E-state index in [1.165, 1.54) is 0 Å². The first-order valence-electron chi connectivity index (χ1n) is 6.08. The van der Waals surface area contributed by atoms with Gasteiger partial charge in [0.2, 0.25) is 0 Å². The Bertz CT molecular complexity index is 394. The van der Waals surface area contributed by atoms with Crippen LogP contribution in [0.3, 0.4) is 0 Å². The number of likely N-dealkylation sites (tertiary alicyclic amines) is 1. The zero-order valence-electron chi connectivity index (χ0n) is 10.4. The Kier molecular flexibility index (Phi) is 4.87.